The lowest BCUT2D eigenvalue weighted by atomic mass is 10.2. The molecule has 2 aromatic rings. The molecule has 1 atom stereocenters. The smallest absolute Gasteiger partial charge is 0.172 e. The van der Waals surface area contributed by atoms with E-state index in [1.807, 2.05) is 11.5 Å². The summed E-state index contributed by atoms with van der Waals surface area (Å²) >= 11 is 1.52. The molecule has 17 heavy (non-hydrogen) atoms. The number of thiazole rings is 1. The molecule has 5 nitrogen and oxygen atoms in total. The lowest BCUT2D eigenvalue weighted by Gasteiger charge is -2.10. The van der Waals surface area contributed by atoms with Crippen LogP contribution in [0.3, 0.4) is 0 Å². The highest BCUT2D eigenvalue weighted by atomic mass is 32.1. The summed E-state index contributed by atoms with van der Waals surface area (Å²) in [5.74, 6) is 1.05. The van der Waals surface area contributed by atoms with E-state index in [9.17, 15) is 0 Å². The van der Waals surface area contributed by atoms with Crippen molar-refractivity contribution in [3.8, 4) is 10.7 Å². The van der Waals surface area contributed by atoms with Gasteiger partial charge in [-0.15, -0.1) is 11.3 Å². The van der Waals surface area contributed by atoms with Crippen LogP contribution in [0.1, 0.15) is 18.3 Å². The Morgan fingerprint density at radius 3 is 3.06 bits per heavy atom. The molecule has 2 aromatic heterocycles. The van der Waals surface area contributed by atoms with Crippen molar-refractivity contribution in [3.63, 3.8) is 0 Å². The lowest BCUT2D eigenvalue weighted by Crippen LogP contribution is -2.06. The Balaban J connectivity index is 2.00. The molecule has 0 aromatic carbocycles. The summed E-state index contributed by atoms with van der Waals surface area (Å²) < 4.78 is 5.39. The van der Waals surface area contributed by atoms with Gasteiger partial charge in [0.05, 0.1) is 6.26 Å². The molecule has 0 amide bonds. The highest BCUT2D eigenvalue weighted by Gasteiger charge is 2.19. The van der Waals surface area contributed by atoms with Crippen LogP contribution in [0.25, 0.3) is 10.7 Å². The summed E-state index contributed by atoms with van der Waals surface area (Å²) in [5.41, 5.74) is 6.53. The summed E-state index contributed by atoms with van der Waals surface area (Å²) in [6.07, 6.45) is 6.00. The number of hydrogen-bond donors (Lipinski definition) is 1. The summed E-state index contributed by atoms with van der Waals surface area (Å²) in [7, 11) is 0. The summed E-state index contributed by atoms with van der Waals surface area (Å²) in [5, 5.41) is 2.74. The van der Waals surface area contributed by atoms with E-state index in [0.29, 0.717) is 11.6 Å². The molecule has 0 aliphatic carbocycles. The molecule has 6 heteroatoms. The minimum atomic E-state index is -0.128. The molecule has 3 heterocycles. The van der Waals surface area contributed by atoms with Gasteiger partial charge in [0.1, 0.15) is 16.5 Å². The van der Waals surface area contributed by atoms with Crippen molar-refractivity contribution in [1.82, 2.24) is 15.0 Å². The van der Waals surface area contributed by atoms with Gasteiger partial charge in [0.2, 0.25) is 0 Å². The number of nitrogen functional groups attached to an aromatic ring is 1. The van der Waals surface area contributed by atoms with Gasteiger partial charge in [0.15, 0.2) is 11.9 Å². The zero-order valence-electron chi connectivity index (χ0n) is 8.91. The fourth-order valence-electron chi connectivity index (χ4n) is 1.64. The van der Waals surface area contributed by atoms with Crippen LogP contribution in [0.15, 0.2) is 30.0 Å². The molecule has 1 aliphatic heterocycles. The van der Waals surface area contributed by atoms with E-state index < -0.39 is 0 Å². The van der Waals surface area contributed by atoms with Crippen molar-refractivity contribution in [1.29, 1.82) is 0 Å². The van der Waals surface area contributed by atoms with Crippen molar-refractivity contribution >= 4 is 17.2 Å². The second-order valence-electron chi connectivity index (χ2n) is 3.61. The SMILES string of the molecule is Nc1cc(-c2nccs2)nc(C2CC=CO2)n1. The van der Waals surface area contributed by atoms with Gasteiger partial charge in [-0.05, 0) is 6.08 Å². The Bertz CT molecular complexity index is 545. The first kappa shape index (κ1) is 10.2. The molecule has 2 N–H and O–H groups in total. The highest BCUT2D eigenvalue weighted by molar-refractivity contribution is 7.13. The Kier molecular flexibility index (Phi) is 2.49. The first-order valence-corrected chi connectivity index (χ1v) is 6.05. The first-order chi connectivity index (χ1) is 8.33. The molecule has 0 bridgehead atoms. The number of hydrogen-bond acceptors (Lipinski definition) is 6. The van der Waals surface area contributed by atoms with Crippen molar-refractivity contribution in [3.05, 3.63) is 35.8 Å². The maximum atomic E-state index is 5.78. The summed E-state index contributed by atoms with van der Waals surface area (Å²) in [6, 6.07) is 1.73. The molecule has 0 saturated heterocycles. The number of rotatable bonds is 2. The number of anilines is 1. The number of nitrogens with two attached hydrogens (primary N) is 1. The monoisotopic (exact) mass is 246 g/mol. The van der Waals surface area contributed by atoms with Gasteiger partial charge in [0, 0.05) is 24.1 Å². The third kappa shape index (κ3) is 1.99. The van der Waals surface area contributed by atoms with Crippen LogP contribution < -0.4 is 5.73 Å². The van der Waals surface area contributed by atoms with E-state index in [1.54, 1.807) is 18.5 Å². The van der Waals surface area contributed by atoms with Crippen LogP contribution in [0.5, 0.6) is 0 Å². The van der Waals surface area contributed by atoms with Crippen LogP contribution in [0.4, 0.5) is 5.82 Å². The normalized spacial score (nSPS) is 18.2. The van der Waals surface area contributed by atoms with E-state index in [1.165, 1.54) is 11.3 Å². The Labute approximate surface area is 102 Å². The Morgan fingerprint density at radius 1 is 1.41 bits per heavy atom. The molecule has 0 radical (unpaired) electrons. The maximum Gasteiger partial charge on any atom is 0.172 e. The lowest BCUT2D eigenvalue weighted by molar-refractivity contribution is 0.164. The van der Waals surface area contributed by atoms with E-state index in [2.05, 4.69) is 15.0 Å². The van der Waals surface area contributed by atoms with Crippen LogP contribution in [-0.2, 0) is 4.74 Å². The second-order valence-corrected chi connectivity index (χ2v) is 4.50. The fraction of sp³-hybridized carbons (Fsp3) is 0.182. The average Bonchev–Trinajstić information content (AvgIpc) is 3.02. The zero-order valence-corrected chi connectivity index (χ0v) is 9.72. The quantitative estimate of drug-likeness (QED) is 0.878. The van der Waals surface area contributed by atoms with E-state index in [-0.39, 0.29) is 6.10 Å². The third-order valence-corrected chi connectivity index (χ3v) is 3.19. The van der Waals surface area contributed by atoms with E-state index in [0.717, 1.165) is 17.1 Å². The fourth-order valence-corrected chi connectivity index (χ4v) is 2.24. The predicted molar refractivity (Wildman–Crippen MR) is 65.1 cm³/mol. The van der Waals surface area contributed by atoms with Gasteiger partial charge in [-0.3, -0.25) is 0 Å². The second kappa shape index (κ2) is 4.14. The molecular formula is C11H10N4OS. The van der Waals surface area contributed by atoms with E-state index in [4.69, 9.17) is 10.5 Å². The minimum Gasteiger partial charge on any atom is -0.490 e. The van der Waals surface area contributed by atoms with Crippen LogP contribution in [-0.4, -0.2) is 15.0 Å². The van der Waals surface area contributed by atoms with Crippen molar-refractivity contribution in [2.24, 2.45) is 0 Å². The third-order valence-electron chi connectivity index (χ3n) is 2.39. The highest BCUT2D eigenvalue weighted by Crippen LogP contribution is 2.27. The topological polar surface area (TPSA) is 73.9 Å². The number of aromatic nitrogens is 3. The van der Waals surface area contributed by atoms with Crippen molar-refractivity contribution < 1.29 is 4.74 Å². The van der Waals surface area contributed by atoms with Gasteiger partial charge in [-0.25, -0.2) is 15.0 Å². The average molecular weight is 246 g/mol. The molecule has 1 unspecified atom stereocenters. The van der Waals surface area contributed by atoms with Gasteiger partial charge in [-0.2, -0.15) is 0 Å². The van der Waals surface area contributed by atoms with Gasteiger partial charge in [-0.1, -0.05) is 0 Å². The van der Waals surface area contributed by atoms with Crippen LogP contribution in [0.2, 0.25) is 0 Å². The molecule has 86 valence electrons. The molecule has 3 rings (SSSR count). The molecular weight excluding hydrogens is 236 g/mol. The zero-order chi connectivity index (χ0) is 11.7. The molecule has 0 saturated carbocycles. The van der Waals surface area contributed by atoms with E-state index >= 15 is 0 Å². The van der Waals surface area contributed by atoms with Crippen molar-refractivity contribution in [2.45, 2.75) is 12.5 Å². The summed E-state index contributed by atoms with van der Waals surface area (Å²) in [4.78, 5) is 12.9. The molecule has 0 spiro atoms. The standard InChI is InChI=1S/C11H10N4OS/c12-9-6-7(11-13-3-5-17-11)14-10(15-9)8-2-1-4-16-8/h1,3-6,8H,2H2,(H2,12,14,15). The number of ether oxygens (including phenoxy) is 1. The molecule has 1 aliphatic rings. The Morgan fingerprint density at radius 2 is 2.35 bits per heavy atom. The maximum absolute atomic E-state index is 5.78. The summed E-state index contributed by atoms with van der Waals surface area (Å²) in [6.45, 7) is 0. The van der Waals surface area contributed by atoms with Crippen LogP contribution >= 0.6 is 11.3 Å². The largest absolute Gasteiger partial charge is 0.490 e. The minimum absolute atomic E-state index is 0.128. The predicted octanol–water partition coefficient (Wildman–Crippen LogP) is 2.16. The molecule has 0 fully saturated rings. The van der Waals surface area contributed by atoms with Gasteiger partial charge < -0.3 is 10.5 Å². The van der Waals surface area contributed by atoms with Crippen LogP contribution in [0, 0.1) is 0 Å². The Hall–Kier alpha value is -1.95. The van der Waals surface area contributed by atoms with Crippen molar-refractivity contribution in [2.75, 3.05) is 5.73 Å². The van der Waals surface area contributed by atoms with Gasteiger partial charge in [0.25, 0.3) is 0 Å². The number of nitrogens with zero attached hydrogens (tertiary/aromatic N) is 3. The first-order valence-electron chi connectivity index (χ1n) is 5.18. The van der Waals surface area contributed by atoms with Gasteiger partial charge >= 0.3 is 0 Å².